The zero-order valence-electron chi connectivity index (χ0n) is 12.7. The SMILES string of the molecule is COc1cc2nc[nH]c(=O)c2cc1OC.Nc1ccccc1F. The maximum atomic E-state index is 12.2. The summed E-state index contributed by atoms with van der Waals surface area (Å²) in [6.07, 6.45) is 1.36. The van der Waals surface area contributed by atoms with E-state index in [-0.39, 0.29) is 17.1 Å². The highest BCUT2D eigenvalue weighted by atomic mass is 19.1. The van der Waals surface area contributed by atoms with E-state index in [9.17, 15) is 9.18 Å². The molecule has 6 nitrogen and oxygen atoms in total. The number of aromatic amines is 1. The molecule has 0 saturated heterocycles. The normalized spacial score (nSPS) is 9.87. The number of hydrogen-bond acceptors (Lipinski definition) is 5. The van der Waals surface area contributed by atoms with Crippen LogP contribution in [0.2, 0.25) is 0 Å². The second kappa shape index (κ2) is 7.26. The van der Waals surface area contributed by atoms with Gasteiger partial charge in [0.05, 0.1) is 37.1 Å². The maximum absolute atomic E-state index is 12.2. The van der Waals surface area contributed by atoms with Gasteiger partial charge in [0, 0.05) is 6.07 Å². The molecule has 120 valence electrons. The van der Waals surface area contributed by atoms with Crippen molar-refractivity contribution in [3.05, 3.63) is 58.9 Å². The number of nitrogens with two attached hydrogens (primary N) is 1. The Hall–Kier alpha value is -3.09. The minimum absolute atomic E-state index is 0.194. The number of halogens is 1. The van der Waals surface area contributed by atoms with E-state index < -0.39 is 0 Å². The number of H-pyrrole nitrogens is 1. The van der Waals surface area contributed by atoms with Crippen LogP contribution in [0.3, 0.4) is 0 Å². The third-order valence-electron chi connectivity index (χ3n) is 3.05. The predicted molar refractivity (Wildman–Crippen MR) is 86.3 cm³/mol. The summed E-state index contributed by atoms with van der Waals surface area (Å²) in [4.78, 5) is 18.0. The van der Waals surface area contributed by atoms with E-state index >= 15 is 0 Å². The van der Waals surface area contributed by atoms with Crippen LogP contribution in [0, 0.1) is 5.82 Å². The lowest BCUT2D eigenvalue weighted by Gasteiger charge is -2.07. The average Bonchev–Trinajstić information content (AvgIpc) is 2.57. The molecule has 0 saturated carbocycles. The number of nitrogen functional groups attached to an aromatic ring is 1. The first-order valence-electron chi connectivity index (χ1n) is 6.66. The number of anilines is 1. The average molecular weight is 317 g/mol. The fourth-order valence-corrected chi connectivity index (χ4v) is 1.87. The minimum atomic E-state index is -0.354. The second-order valence-corrected chi connectivity index (χ2v) is 4.48. The first-order chi connectivity index (χ1) is 11.1. The zero-order valence-corrected chi connectivity index (χ0v) is 12.7. The van der Waals surface area contributed by atoms with Crippen molar-refractivity contribution in [2.24, 2.45) is 0 Å². The largest absolute Gasteiger partial charge is 0.493 e. The minimum Gasteiger partial charge on any atom is -0.493 e. The van der Waals surface area contributed by atoms with E-state index in [1.54, 1.807) is 24.3 Å². The van der Waals surface area contributed by atoms with Gasteiger partial charge in [-0.2, -0.15) is 0 Å². The molecule has 23 heavy (non-hydrogen) atoms. The number of nitrogens with zero attached hydrogens (tertiary/aromatic N) is 1. The molecule has 0 aliphatic heterocycles. The molecule has 0 spiro atoms. The van der Waals surface area contributed by atoms with Crippen molar-refractivity contribution in [3.63, 3.8) is 0 Å². The Kier molecular flexibility index (Phi) is 5.14. The van der Waals surface area contributed by atoms with Gasteiger partial charge in [-0.1, -0.05) is 12.1 Å². The third kappa shape index (κ3) is 3.76. The molecule has 0 fully saturated rings. The first kappa shape index (κ1) is 16.3. The lowest BCUT2D eigenvalue weighted by Crippen LogP contribution is -2.06. The van der Waals surface area contributed by atoms with Crippen LogP contribution in [0.25, 0.3) is 10.9 Å². The van der Waals surface area contributed by atoms with Crippen molar-refractivity contribution in [3.8, 4) is 11.5 Å². The lowest BCUT2D eigenvalue weighted by molar-refractivity contribution is 0.355. The van der Waals surface area contributed by atoms with Crippen LogP contribution in [0.5, 0.6) is 11.5 Å². The van der Waals surface area contributed by atoms with Crippen LogP contribution in [0.15, 0.2) is 47.5 Å². The molecule has 1 heterocycles. The molecular formula is C16H16FN3O3. The molecule has 0 amide bonds. The summed E-state index contributed by atoms with van der Waals surface area (Å²) in [5.74, 6) is 0.721. The summed E-state index contributed by atoms with van der Waals surface area (Å²) >= 11 is 0. The van der Waals surface area contributed by atoms with Crippen molar-refractivity contribution >= 4 is 16.6 Å². The van der Waals surface area contributed by atoms with E-state index in [0.717, 1.165) is 0 Å². The summed E-state index contributed by atoms with van der Waals surface area (Å²) in [5.41, 5.74) is 5.73. The molecule has 3 aromatic rings. The van der Waals surface area contributed by atoms with Crippen LogP contribution < -0.4 is 20.8 Å². The van der Waals surface area contributed by atoms with Gasteiger partial charge in [0.15, 0.2) is 11.5 Å². The van der Waals surface area contributed by atoms with E-state index in [1.807, 2.05) is 0 Å². The molecule has 1 aromatic heterocycles. The van der Waals surface area contributed by atoms with Crippen molar-refractivity contribution in [2.45, 2.75) is 0 Å². The fourth-order valence-electron chi connectivity index (χ4n) is 1.87. The maximum Gasteiger partial charge on any atom is 0.258 e. The molecule has 0 bridgehead atoms. The number of aromatic nitrogens is 2. The number of nitrogens with one attached hydrogen (secondary N) is 1. The number of hydrogen-bond donors (Lipinski definition) is 2. The van der Waals surface area contributed by atoms with Gasteiger partial charge in [0.2, 0.25) is 0 Å². The molecule has 0 aliphatic rings. The van der Waals surface area contributed by atoms with Gasteiger partial charge in [0.1, 0.15) is 5.82 Å². The summed E-state index contributed by atoms with van der Waals surface area (Å²) in [6.45, 7) is 0. The molecule has 0 aliphatic carbocycles. The van der Waals surface area contributed by atoms with Gasteiger partial charge < -0.3 is 20.2 Å². The van der Waals surface area contributed by atoms with Gasteiger partial charge in [-0.05, 0) is 18.2 Å². The molecule has 0 atom stereocenters. The Morgan fingerprint density at radius 2 is 1.78 bits per heavy atom. The molecule has 0 unspecified atom stereocenters. The van der Waals surface area contributed by atoms with Gasteiger partial charge in [-0.3, -0.25) is 4.79 Å². The van der Waals surface area contributed by atoms with E-state index in [0.29, 0.717) is 22.4 Å². The van der Waals surface area contributed by atoms with Crippen molar-refractivity contribution < 1.29 is 13.9 Å². The van der Waals surface area contributed by atoms with Crippen molar-refractivity contribution in [2.75, 3.05) is 20.0 Å². The molecule has 7 heteroatoms. The summed E-state index contributed by atoms with van der Waals surface area (Å²) in [5, 5.41) is 0.482. The zero-order chi connectivity index (χ0) is 16.8. The smallest absolute Gasteiger partial charge is 0.258 e. The fraction of sp³-hybridized carbons (Fsp3) is 0.125. The van der Waals surface area contributed by atoms with E-state index in [2.05, 4.69) is 9.97 Å². The van der Waals surface area contributed by atoms with Gasteiger partial charge in [0.25, 0.3) is 5.56 Å². The monoisotopic (exact) mass is 317 g/mol. The standard InChI is InChI=1S/C10H10N2O3.C6H6FN/c1-14-8-3-6-7(4-9(8)15-2)11-5-12-10(6)13;7-5-3-1-2-4-6(5)8/h3-5H,1-2H3,(H,11,12,13);1-4H,8H2. The molecular weight excluding hydrogens is 301 g/mol. The van der Waals surface area contributed by atoms with E-state index in [4.69, 9.17) is 15.2 Å². The van der Waals surface area contributed by atoms with Crippen molar-refractivity contribution in [1.82, 2.24) is 9.97 Å². The third-order valence-corrected chi connectivity index (χ3v) is 3.05. The highest BCUT2D eigenvalue weighted by Crippen LogP contribution is 2.29. The summed E-state index contributed by atoms with van der Waals surface area (Å²) in [6, 6.07) is 9.43. The van der Waals surface area contributed by atoms with Crippen LogP contribution in [-0.2, 0) is 0 Å². The number of para-hydroxylation sites is 1. The lowest BCUT2D eigenvalue weighted by atomic mass is 10.2. The number of rotatable bonds is 2. The van der Waals surface area contributed by atoms with Crippen LogP contribution >= 0.6 is 0 Å². The quantitative estimate of drug-likeness (QED) is 0.708. The molecule has 2 aromatic carbocycles. The van der Waals surface area contributed by atoms with Crippen LogP contribution in [-0.4, -0.2) is 24.2 Å². The summed E-state index contributed by atoms with van der Waals surface area (Å²) in [7, 11) is 3.06. The molecule has 0 radical (unpaired) electrons. The van der Waals surface area contributed by atoms with Gasteiger partial charge in [-0.25, -0.2) is 9.37 Å². The van der Waals surface area contributed by atoms with Crippen molar-refractivity contribution in [1.29, 1.82) is 0 Å². The predicted octanol–water partition coefficient (Wildman–Crippen LogP) is 2.35. The summed E-state index contributed by atoms with van der Waals surface area (Å²) < 4.78 is 22.4. The Bertz CT molecular complexity index is 844. The number of benzene rings is 2. The number of fused-ring (bicyclic) bond motifs is 1. The Labute approximate surface area is 131 Å². The number of ether oxygens (including phenoxy) is 2. The topological polar surface area (TPSA) is 90.2 Å². The Morgan fingerprint density at radius 3 is 2.35 bits per heavy atom. The van der Waals surface area contributed by atoms with E-state index in [1.165, 1.54) is 32.7 Å². The Morgan fingerprint density at radius 1 is 1.13 bits per heavy atom. The first-order valence-corrected chi connectivity index (χ1v) is 6.66. The second-order valence-electron chi connectivity index (χ2n) is 4.48. The highest BCUT2D eigenvalue weighted by molar-refractivity contribution is 5.81. The van der Waals surface area contributed by atoms with Crippen LogP contribution in [0.1, 0.15) is 0 Å². The highest BCUT2D eigenvalue weighted by Gasteiger charge is 2.08. The Balaban J connectivity index is 0.000000203. The van der Waals surface area contributed by atoms with Crippen LogP contribution in [0.4, 0.5) is 10.1 Å². The number of methoxy groups -OCH3 is 2. The van der Waals surface area contributed by atoms with Gasteiger partial charge >= 0.3 is 0 Å². The molecule has 3 N–H and O–H groups in total. The molecule has 3 rings (SSSR count). The van der Waals surface area contributed by atoms with Gasteiger partial charge in [-0.15, -0.1) is 0 Å².